The van der Waals surface area contributed by atoms with Crippen LogP contribution in [0.1, 0.15) is 219 Å². The highest BCUT2D eigenvalue weighted by Crippen LogP contribution is 2.23. The lowest BCUT2D eigenvalue weighted by atomic mass is 9.99. The van der Waals surface area contributed by atoms with E-state index in [0.717, 1.165) is 32.1 Å². The molecule has 0 spiro atoms. The third-order valence-electron chi connectivity index (χ3n) is 11.9. The summed E-state index contributed by atoms with van der Waals surface area (Å²) >= 11 is 0. The maximum Gasteiger partial charge on any atom is 0.249 e. The zero-order valence-corrected chi connectivity index (χ0v) is 37.9. The van der Waals surface area contributed by atoms with Crippen LogP contribution in [0.25, 0.3) is 0 Å². The Bertz CT molecular complexity index is 995. The second-order valence-corrected chi connectivity index (χ2v) is 17.4. The molecule has 348 valence electrons. The number of aliphatic hydroxyl groups excluding tert-OH is 6. The molecule has 1 saturated heterocycles. The van der Waals surface area contributed by atoms with Gasteiger partial charge in [-0.3, -0.25) is 4.79 Å². The lowest BCUT2D eigenvalue weighted by Crippen LogP contribution is -2.60. The number of hydrogen-bond acceptors (Lipinski definition) is 9. The molecule has 1 amide bonds. The van der Waals surface area contributed by atoms with Crippen molar-refractivity contribution in [2.75, 3.05) is 13.2 Å². The molecule has 0 aromatic carbocycles. The Morgan fingerprint density at radius 3 is 1.47 bits per heavy atom. The van der Waals surface area contributed by atoms with Crippen LogP contribution >= 0.6 is 0 Å². The van der Waals surface area contributed by atoms with Crippen LogP contribution in [0.4, 0.5) is 0 Å². The lowest BCUT2D eigenvalue weighted by Gasteiger charge is -2.40. The Balaban J connectivity index is 2.34. The fourth-order valence-electron chi connectivity index (χ4n) is 7.83. The summed E-state index contributed by atoms with van der Waals surface area (Å²) in [6, 6.07) is -0.992. The van der Waals surface area contributed by atoms with E-state index in [1.165, 1.54) is 154 Å². The first-order valence-electron chi connectivity index (χ1n) is 24.7. The fourth-order valence-corrected chi connectivity index (χ4v) is 7.83. The molecule has 8 atom stereocenters. The van der Waals surface area contributed by atoms with Crippen molar-refractivity contribution in [2.45, 2.75) is 268 Å². The number of rotatable bonds is 41. The number of nitrogens with one attached hydrogen (secondary N) is 1. The summed E-state index contributed by atoms with van der Waals surface area (Å²) in [4.78, 5) is 13.0. The predicted octanol–water partition coefficient (Wildman–Crippen LogP) is 9.64. The van der Waals surface area contributed by atoms with Crippen molar-refractivity contribution in [1.82, 2.24) is 5.32 Å². The van der Waals surface area contributed by atoms with E-state index in [1.807, 2.05) is 6.08 Å². The van der Waals surface area contributed by atoms with E-state index in [2.05, 4.69) is 31.3 Å². The molecular formula is C49H93NO9. The highest BCUT2D eigenvalue weighted by atomic mass is 16.7. The first-order valence-corrected chi connectivity index (χ1v) is 24.7. The number of amides is 1. The molecule has 10 heteroatoms. The molecular weight excluding hydrogens is 747 g/mol. The maximum atomic E-state index is 13.0. The summed E-state index contributed by atoms with van der Waals surface area (Å²) < 4.78 is 11.1. The Kier molecular flexibility index (Phi) is 37.2. The highest BCUT2D eigenvalue weighted by Gasteiger charge is 2.44. The number of unbranched alkanes of at least 4 members (excludes halogenated alkanes) is 28. The second-order valence-electron chi connectivity index (χ2n) is 17.4. The largest absolute Gasteiger partial charge is 0.394 e. The van der Waals surface area contributed by atoms with Crippen molar-refractivity contribution in [1.29, 1.82) is 0 Å². The molecule has 0 aromatic heterocycles. The van der Waals surface area contributed by atoms with Gasteiger partial charge in [0.15, 0.2) is 6.29 Å². The molecule has 0 bridgehead atoms. The van der Waals surface area contributed by atoms with E-state index in [-0.39, 0.29) is 6.61 Å². The van der Waals surface area contributed by atoms with Crippen molar-refractivity contribution in [3.8, 4) is 0 Å². The van der Waals surface area contributed by atoms with Gasteiger partial charge in [-0.05, 0) is 32.1 Å². The summed E-state index contributed by atoms with van der Waals surface area (Å²) in [5.74, 6) is -0.624. The van der Waals surface area contributed by atoms with E-state index >= 15 is 0 Å². The Hall–Kier alpha value is -1.37. The van der Waals surface area contributed by atoms with Crippen molar-refractivity contribution in [3.05, 3.63) is 24.3 Å². The van der Waals surface area contributed by atoms with Gasteiger partial charge in [-0.2, -0.15) is 0 Å². The molecule has 10 nitrogen and oxygen atoms in total. The van der Waals surface area contributed by atoms with E-state index in [9.17, 15) is 35.4 Å². The van der Waals surface area contributed by atoms with Crippen molar-refractivity contribution in [2.24, 2.45) is 0 Å². The third kappa shape index (κ3) is 29.5. The van der Waals surface area contributed by atoms with Crippen LogP contribution < -0.4 is 5.32 Å². The van der Waals surface area contributed by atoms with E-state index in [1.54, 1.807) is 6.08 Å². The Morgan fingerprint density at radius 1 is 0.576 bits per heavy atom. The van der Waals surface area contributed by atoms with Gasteiger partial charge in [-0.1, -0.05) is 212 Å². The third-order valence-corrected chi connectivity index (χ3v) is 11.9. The van der Waals surface area contributed by atoms with Crippen molar-refractivity contribution < 1.29 is 44.9 Å². The standard InChI is InChI=1S/C49H93NO9/c1-3-5-7-9-11-13-15-17-18-19-20-21-22-23-24-26-28-30-32-34-36-38-43(53)48(57)50-41(40-58-49-47(56)46(55)45(54)44(39-51)59-49)42(52)37-35-33-31-29-27-25-16-14-12-10-8-6-4-2/h27,29,35,37,41-47,49,51-56H,3-26,28,30-34,36,38-40H2,1-2H3,(H,50,57)/b29-27+,37-35+. The van der Waals surface area contributed by atoms with Crippen molar-refractivity contribution in [3.63, 3.8) is 0 Å². The van der Waals surface area contributed by atoms with Gasteiger partial charge in [0.25, 0.3) is 0 Å². The molecule has 0 aliphatic carbocycles. The Labute approximate surface area is 361 Å². The molecule has 7 N–H and O–H groups in total. The van der Waals surface area contributed by atoms with Gasteiger partial charge in [0.1, 0.15) is 30.5 Å². The molecule has 1 aliphatic heterocycles. The quantitative estimate of drug-likeness (QED) is 0.0234. The second kappa shape index (κ2) is 39.5. The first kappa shape index (κ1) is 55.6. The summed E-state index contributed by atoms with van der Waals surface area (Å²) in [6.07, 6.45) is 37.0. The van der Waals surface area contributed by atoms with Crippen LogP contribution in [0, 0.1) is 0 Å². The smallest absolute Gasteiger partial charge is 0.249 e. The van der Waals surface area contributed by atoms with Gasteiger partial charge in [0.2, 0.25) is 5.91 Å². The summed E-state index contributed by atoms with van der Waals surface area (Å²) in [7, 11) is 0. The number of carbonyl (C=O) groups is 1. The van der Waals surface area contributed by atoms with Crippen LogP contribution in [-0.4, -0.2) is 98.7 Å². The molecule has 1 rings (SSSR count). The first-order chi connectivity index (χ1) is 28.8. The normalized spacial score (nSPS) is 21.4. The number of hydrogen-bond donors (Lipinski definition) is 7. The van der Waals surface area contributed by atoms with Gasteiger partial charge in [0, 0.05) is 0 Å². The minimum absolute atomic E-state index is 0.308. The monoisotopic (exact) mass is 840 g/mol. The summed E-state index contributed by atoms with van der Waals surface area (Å²) in [5.41, 5.74) is 0. The lowest BCUT2D eigenvalue weighted by molar-refractivity contribution is -0.302. The summed E-state index contributed by atoms with van der Waals surface area (Å²) in [5, 5.41) is 64.7. The zero-order chi connectivity index (χ0) is 43.2. The highest BCUT2D eigenvalue weighted by molar-refractivity contribution is 5.80. The molecule has 0 aromatic rings. The molecule has 1 aliphatic rings. The molecule has 0 saturated carbocycles. The van der Waals surface area contributed by atoms with Gasteiger partial charge in [-0.25, -0.2) is 0 Å². The van der Waals surface area contributed by atoms with Gasteiger partial charge < -0.3 is 45.4 Å². The van der Waals surface area contributed by atoms with Gasteiger partial charge in [-0.15, -0.1) is 0 Å². The Morgan fingerprint density at radius 2 is 1.00 bits per heavy atom. The molecule has 1 heterocycles. The molecule has 59 heavy (non-hydrogen) atoms. The minimum atomic E-state index is -1.61. The SMILES string of the molecule is CCCCCCCCC/C=C/CC/C=C/C(O)C(COC1OC(CO)C(O)C(O)C1O)NC(=O)C(O)CCCCCCCCCCCCCCCCCCCCCCC. The number of ether oxygens (including phenoxy) is 2. The van der Waals surface area contributed by atoms with E-state index in [0.29, 0.717) is 19.3 Å². The number of carbonyl (C=O) groups excluding carboxylic acids is 1. The van der Waals surface area contributed by atoms with Gasteiger partial charge in [0.05, 0.1) is 25.4 Å². The topological polar surface area (TPSA) is 169 Å². The van der Waals surface area contributed by atoms with E-state index < -0.39 is 61.5 Å². The van der Waals surface area contributed by atoms with Crippen LogP contribution in [0.5, 0.6) is 0 Å². The molecule has 1 fully saturated rings. The number of aliphatic hydroxyl groups is 6. The fraction of sp³-hybridized carbons (Fsp3) is 0.898. The number of allylic oxidation sites excluding steroid dienone is 3. The zero-order valence-electron chi connectivity index (χ0n) is 37.9. The van der Waals surface area contributed by atoms with Crippen molar-refractivity contribution >= 4 is 5.91 Å². The molecule has 8 unspecified atom stereocenters. The molecule has 0 radical (unpaired) electrons. The predicted molar refractivity (Wildman–Crippen MR) is 241 cm³/mol. The minimum Gasteiger partial charge on any atom is -0.394 e. The maximum absolute atomic E-state index is 13.0. The average molecular weight is 840 g/mol. The van der Waals surface area contributed by atoms with Gasteiger partial charge >= 0.3 is 0 Å². The van der Waals surface area contributed by atoms with Crippen LogP contribution in [-0.2, 0) is 14.3 Å². The average Bonchev–Trinajstić information content (AvgIpc) is 3.23. The van der Waals surface area contributed by atoms with Crippen LogP contribution in [0.2, 0.25) is 0 Å². The summed E-state index contributed by atoms with van der Waals surface area (Å²) in [6.45, 7) is 3.59. The van der Waals surface area contributed by atoms with Crippen LogP contribution in [0.3, 0.4) is 0 Å². The van der Waals surface area contributed by atoms with E-state index in [4.69, 9.17) is 9.47 Å². The van der Waals surface area contributed by atoms with Crippen LogP contribution in [0.15, 0.2) is 24.3 Å².